The summed E-state index contributed by atoms with van der Waals surface area (Å²) < 4.78 is 5.06. The minimum absolute atomic E-state index is 0.531. The Morgan fingerprint density at radius 2 is 2.50 bits per heavy atom. The van der Waals surface area contributed by atoms with Crippen molar-refractivity contribution in [1.29, 1.82) is 0 Å². The summed E-state index contributed by atoms with van der Waals surface area (Å²) in [7, 11) is 0. The van der Waals surface area contributed by atoms with E-state index in [2.05, 4.69) is 11.2 Å². The highest BCUT2D eigenvalue weighted by Crippen LogP contribution is 2.06. The van der Waals surface area contributed by atoms with E-state index in [1.54, 1.807) is 12.1 Å². The minimum atomic E-state index is 0.531. The van der Waals surface area contributed by atoms with Gasteiger partial charge in [-0.15, -0.1) is 0 Å². The van der Waals surface area contributed by atoms with Crippen LogP contribution in [0.4, 0.5) is 5.69 Å². The van der Waals surface area contributed by atoms with Crippen molar-refractivity contribution in [3.8, 4) is 5.88 Å². The molecule has 0 unspecified atom stereocenters. The molecule has 1 heterocycles. The van der Waals surface area contributed by atoms with Crippen LogP contribution < -0.4 is 10.5 Å². The number of rotatable bonds is 2. The van der Waals surface area contributed by atoms with Gasteiger partial charge in [-0.3, -0.25) is 0 Å². The molecule has 0 bridgehead atoms. The van der Waals surface area contributed by atoms with E-state index in [1.807, 2.05) is 6.92 Å². The molecule has 0 amide bonds. The zero-order valence-electron chi connectivity index (χ0n) is 5.79. The molecule has 3 nitrogen and oxygen atoms in total. The van der Waals surface area contributed by atoms with Gasteiger partial charge in [-0.25, -0.2) is 4.98 Å². The number of nitrogen functional groups attached to an aromatic ring is 1. The predicted octanol–water partition coefficient (Wildman–Crippen LogP) is 0.863. The van der Waals surface area contributed by atoms with Crippen LogP contribution in [-0.2, 0) is 0 Å². The molecule has 0 atom stereocenters. The van der Waals surface area contributed by atoms with Crippen molar-refractivity contribution in [3.05, 3.63) is 18.3 Å². The molecule has 0 saturated carbocycles. The van der Waals surface area contributed by atoms with Crippen LogP contribution in [0.1, 0.15) is 6.92 Å². The summed E-state index contributed by atoms with van der Waals surface area (Å²) in [5.74, 6) is 0.566. The van der Waals surface area contributed by atoms with Crippen LogP contribution in [-0.4, -0.2) is 11.6 Å². The van der Waals surface area contributed by atoms with Gasteiger partial charge in [-0.1, -0.05) is 0 Å². The highest BCUT2D eigenvalue weighted by molar-refractivity contribution is 5.34. The van der Waals surface area contributed by atoms with E-state index in [9.17, 15) is 0 Å². The zero-order valence-corrected chi connectivity index (χ0v) is 5.79. The minimum Gasteiger partial charge on any atom is -0.478 e. The number of anilines is 1. The maximum absolute atomic E-state index is 5.35. The smallest absolute Gasteiger partial charge is 0.213 e. The van der Waals surface area contributed by atoms with E-state index in [0.29, 0.717) is 18.2 Å². The summed E-state index contributed by atoms with van der Waals surface area (Å²) in [5, 5.41) is 0. The summed E-state index contributed by atoms with van der Waals surface area (Å²) in [5.41, 5.74) is 5.88. The Morgan fingerprint density at radius 3 is 3.00 bits per heavy atom. The third-order valence-electron chi connectivity index (χ3n) is 0.993. The van der Waals surface area contributed by atoms with E-state index < -0.39 is 0 Å². The average Bonchev–Trinajstić information content (AvgIpc) is 1.95. The van der Waals surface area contributed by atoms with Gasteiger partial charge >= 0.3 is 0 Å². The molecule has 0 aliphatic rings. The monoisotopic (exact) mass is 137 g/mol. The largest absolute Gasteiger partial charge is 0.478 e. The van der Waals surface area contributed by atoms with Crippen molar-refractivity contribution in [1.82, 2.24) is 4.98 Å². The van der Waals surface area contributed by atoms with E-state index in [-0.39, 0.29) is 0 Å². The average molecular weight is 137 g/mol. The fourth-order valence-corrected chi connectivity index (χ4v) is 0.584. The van der Waals surface area contributed by atoms with Gasteiger partial charge in [0.2, 0.25) is 5.88 Å². The SMILES string of the molecule is CCOc1ccc(N)[c]n1. The lowest BCUT2D eigenvalue weighted by atomic mass is 10.4. The van der Waals surface area contributed by atoms with Crippen molar-refractivity contribution in [3.63, 3.8) is 0 Å². The molecule has 0 aliphatic heterocycles. The number of hydrogen-bond acceptors (Lipinski definition) is 3. The van der Waals surface area contributed by atoms with Crippen LogP contribution in [0.25, 0.3) is 0 Å². The maximum atomic E-state index is 5.35. The number of ether oxygens (including phenoxy) is 1. The van der Waals surface area contributed by atoms with Crippen molar-refractivity contribution >= 4 is 5.69 Å². The maximum Gasteiger partial charge on any atom is 0.213 e. The standard InChI is InChI=1S/C7H9N2O/c1-2-10-7-4-3-6(8)5-9-7/h3-4H,2,8H2,1H3. The number of aromatic nitrogens is 1. The highest BCUT2D eigenvalue weighted by atomic mass is 16.5. The van der Waals surface area contributed by atoms with Gasteiger partial charge in [0.25, 0.3) is 0 Å². The Bertz CT molecular complexity index is 195. The van der Waals surface area contributed by atoms with Crippen LogP contribution in [0.3, 0.4) is 0 Å². The van der Waals surface area contributed by atoms with E-state index >= 15 is 0 Å². The quantitative estimate of drug-likeness (QED) is 0.657. The van der Waals surface area contributed by atoms with Crippen LogP contribution in [0.5, 0.6) is 5.88 Å². The first kappa shape index (κ1) is 6.86. The number of nitrogens with zero attached hydrogens (tertiary/aromatic N) is 1. The molecule has 0 aromatic carbocycles. The molecular weight excluding hydrogens is 128 g/mol. The van der Waals surface area contributed by atoms with Crippen LogP contribution in [0.2, 0.25) is 0 Å². The van der Waals surface area contributed by atoms with Crippen LogP contribution in [0, 0.1) is 6.20 Å². The second-order valence-corrected chi connectivity index (χ2v) is 1.78. The van der Waals surface area contributed by atoms with Crippen molar-refractivity contribution in [2.75, 3.05) is 12.3 Å². The molecule has 1 radical (unpaired) electrons. The van der Waals surface area contributed by atoms with E-state index in [0.717, 1.165) is 0 Å². The molecule has 0 fully saturated rings. The van der Waals surface area contributed by atoms with Gasteiger partial charge in [-0.2, -0.15) is 0 Å². The molecular formula is C7H9N2O. The number of hydrogen-bond donors (Lipinski definition) is 1. The fourth-order valence-electron chi connectivity index (χ4n) is 0.584. The third kappa shape index (κ3) is 1.62. The van der Waals surface area contributed by atoms with Crippen molar-refractivity contribution in [2.45, 2.75) is 6.92 Å². The summed E-state index contributed by atoms with van der Waals surface area (Å²) in [6, 6.07) is 3.42. The lowest BCUT2D eigenvalue weighted by molar-refractivity contribution is 0.327. The van der Waals surface area contributed by atoms with Crippen molar-refractivity contribution in [2.24, 2.45) is 0 Å². The first-order chi connectivity index (χ1) is 4.83. The predicted molar refractivity (Wildman–Crippen MR) is 38.7 cm³/mol. The second-order valence-electron chi connectivity index (χ2n) is 1.78. The lowest BCUT2D eigenvalue weighted by Gasteiger charge is -1.99. The van der Waals surface area contributed by atoms with Crippen LogP contribution in [0.15, 0.2) is 12.1 Å². The molecule has 1 aromatic rings. The first-order valence-electron chi connectivity index (χ1n) is 3.10. The Morgan fingerprint density at radius 1 is 1.70 bits per heavy atom. The van der Waals surface area contributed by atoms with Gasteiger partial charge in [0.1, 0.15) is 6.20 Å². The van der Waals surface area contributed by atoms with Crippen LogP contribution >= 0.6 is 0 Å². The third-order valence-corrected chi connectivity index (χ3v) is 0.993. The molecule has 0 aliphatic carbocycles. The molecule has 3 heteroatoms. The number of nitrogens with two attached hydrogens (primary N) is 1. The summed E-state index contributed by atoms with van der Waals surface area (Å²) in [6.45, 7) is 2.52. The Kier molecular flexibility index (Phi) is 2.10. The van der Waals surface area contributed by atoms with Gasteiger partial charge in [0, 0.05) is 6.07 Å². The number of pyridine rings is 1. The van der Waals surface area contributed by atoms with Gasteiger partial charge in [0.15, 0.2) is 0 Å². The van der Waals surface area contributed by atoms with Gasteiger partial charge in [0.05, 0.1) is 12.3 Å². The molecule has 1 aromatic heterocycles. The summed E-state index contributed by atoms with van der Waals surface area (Å²) in [4.78, 5) is 3.80. The topological polar surface area (TPSA) is 48.1 Å². The van der Waals surface area contributed by atoms with Gasteiger partial charge in [-0.05, 0) is 13.0 Å². The summed E-state index contributed by atoms with van der Waals surface area (Å²) in [6.07, 6.45) is 2.59. The molecule has 2 N–H and O–H groups in total. The first-order valence-corrected chi connectivity index (χ1v) is 3.10. The summed E-state index contributed by atoms with van der Waals surface area (Å²) >= 11 is 0. The molecule has 1 rings (SSSR count). The molecule has 0 spiro atoms. The van der Waals surface area contributed by atoms with Crippen molar-refractivity contribution < 1.29 is 4.74 Å². The molecule has 10 heavy (non-hydrogen) atoms. The zero-order chi connectivity index (χ0) is 7.40. The van der Waals surface area contributed by atoms with E-state index in [1.165, 1.54) is 0 Å². The normalized spacial score (nSPS) is 9.30. The fraction of sp³-hybridized carbons (Fsp3) is 0.286. The van der Waals surface area contributed by atoms with Gasteiger partial charge < -0.3 is 10.5 Å². The van der Waals surface area contributed by atoms with E-state index in [4.69, 9.17) is 10.5 Å². The Hall–Kier alpha value is -1.25. The Labute approximate surface area is 59.8 Å². The lowest BCUT2D eigenvalue weighted by Crippen LogP contribution is -1.94. The Balaban J connectivity index is 2.69. The highest BCUT2D eigenvalue weighted by Gasteiger charge is 1.90. The molecule has 0 saturated heterocycles. The second kappa shape index (κ2) is 3.06. The molecule has 53 valence electrons.